The van der Waals surface area contributed by atoms with Gasteiger partial charge in [-0.25, -0.2) is 8.78 Å². The normalized spacial score (nSPS) is 16.9. The van der Waals surface area contributed by atoms with Crippen LogP contribution in [0.5, 0.6) is 5.75 Å². The Kier molecular flexibility index (Phi) is 2.33. The van der Waals surface area contributed by atoms with Crippen LogP contribution >= 0.6 is 0 Å². The summed E-state index contributed by atoms with van der Waals surface area (Å²) < 4.78 is 31.5. The van der Waals surface area contributed by atoms with Crippen molar-refractivity contribution in [2.24, 2.45) is 0 Å². The topological polar surface area (TPSA) is 46.5 Å². The van der Waals surface area contributed by atoms with Gasteiger partial charge in [0, 0.05) is 11.6 Å². The monoisotopic (exact) mass is 228 g/mol. The van der Waals surface area contributed by atoms with E-state index in [2.05, 4.69) is 0 Å². The Bertz CT molecular complexity index is 453. The molecule has 1 saturated carbocycles. The van der Waals surface area contributed by atoms with E-state index in [1.54, 1.807) is 0 Å². The minimum Gasteiger partial charge on any atom is -0.497 e. The zero-order chi connectivity index (χ0) is 11.9. The second kappa shape index (κ2) is 3.43. The van der Waals surface area contributed by atoms with Crippen molar-refractivity contribution in [3.05, 3.63) is 29.3 Å². The number of carboxylic acid groups (broad SMARTS) is 1. The van der Waals surface area contributed by atoms with Gasteiger partial charge in [-0.1, -0.05) is 0 Å². The first-order chi connectivity index (χ1) is 7.51. The molecule has 1 aliphatic rings. The van der Waals surface area contributed by atoms with Crippen LogP contribution in [0.2, 0.25) is 0 Å². The lowest BCUT2D eigenvalue weighted by molar-refractivity contribution is -0.140. The standard InChI is InChI=1S/C11H10F2O3/c1-16-6-4-7(9(13)8(12)5-6)11(2-3-11)10(14)15/h4-5H,2-3H2,1H3,(H,14,15). The fraction of sp³-hybridized carbons (Fsp3) is 0.364. The quantitative estimate of drug-likeness (QED) is 0.861. The molecule has 5 heteroatoms. The largest absolute Gasteiger partial charge is 0.497 e. The predicted molar refractivity (Wildman–Crippen MR) is 51.5 cm³/mol. The third kappa shape index (κ3) is 1.43. The first-order valence-electron chi connectivity index (χ1n) is 4.78. The van der Waals surface area contributed by atoms with E-state index in [1.807, 2.05) is 0 Å². The van der Waals surface area contributed by atoms with Gasteiger partial charge in [-0.3, -0.25) is 4.79 Å². The van der Waals surface area contributed by atoms with E-state index >= 15 is 0 Å². The zero-order valence-electron chi connectivity index (χ0n) is 8.59. The van der Waals surface area contributed by atoms with Gasteiger partial charge < -0.3 is 9.84 Å². The summed E-state index contributed by atoms with van der Waals surface area (Å²) in [5.41, 5.74) is -1.39. The molecule has 0 aliphatic heterocycles. The summed E-state index contributed by atoms with van der Waals surface area (Å²) in [5.74, 6) is -3.18. The molecule has 0 radical (unpaired) electrons. The van der Waals surface area contributed by atoms with Gasteiger partial charge in [0.25, 0.3) is 0 Å². The van der Waals surface area contributed by atoms with Crippen LogP contribution < -0.4 is 4.74 Å². The van der Waals surface area contributed by atoms with Crippen molar-refractivity contribution in [2.75, 3.05) is 7.11 Å². The molecule has 3 nitrogen and oxygen atoms in total. The summed E-state index contributed by atoms with van der Waals surface area (Å²) in [6.07, 6.45) is 0.651. The molecule has 0 saturated heterocycles. The van der Waals surface area contributed by atoms with Crippen LogP contribution in [0, 0.1) is 11.6 Å². The Morgan fingerprint density at radius 1 is 1.44 bits per heavy atom. The third-order valence-electron chi connectivity index (χ3n) is 2.91. The molecular formula is C11H10F2O3. The maximum atomic E-state index is 13.5. The number of ether oxygens (including phenoxy) is 1. The molecule has 0 aromatic heterocycles. The fourth-order valence-electron chi connectivity index (χ4n) is 1.75. The maximum Gasteiger partial charge on any atom is 0.314 e. The number of methoxy groups -OCH3 is 1. The molecule has 0 amide bonds. The number of aliphatic carboxylic acids is 1. The Hall–Kier alpha value is -1.65. The lowest BCUT2D eigenvalue weighted by Gasteiger charge is -2.13. The summed E-state index contributed by atoms with van der Waals surface area (Å²) in [6, 6.07) is 2.15. The highest BCUT2D eigenvalue weighted by Crippen LogP contribution is 2.50. The van der Waals surface area contributed by atoms with Crippen molar-refractivity contribution in [2.45, 2.75) is 18.3 Å². The summed E-state index contributed by atoms with van der Waals surface area (Å²) in [4.78, 5) is 11.0. The Balaban J connectivity index is 2.56. The smallest absolute Gasteiger partial charge is 0.314 e. The van der Waals surface area contributed by atoms with Crippen LogP contribution in [0.1, 0.15) is 18.4 Å². The molecule has 1 aromatic carbocycles. The van der Waals surface area contributed by atoms with Crippen molar-refractivity contribution in [1.82, 2.24) is 0 Å². The Labute approximate surface area is 90.7 Å². The van der Waals surface area contributed by atoms with Crippen LogP contribution in [0.15, 0.2) is 12.1 Å². The minimum absolute atomic E-state index is 0.126. The summed E-state index contributed by atoms with van der Waals surface area (Å²) >= 11 is 0. The zero-order valence-corrected chi connectivity index (χ0v) is 8.59. The SMILES string of the molecule is COc1cc(F)c(F)c(C2(C(=O)O)CC2)c1. The van der Waals surface area contributed by atoms with E-state index < -0.39 is 23.0 Å². The minimum atomic E-state index is -1.26. The molecule has 86 valence electrons. The predicted octanol–water partition coefficient (Wildman–Crippen LogP) is 2.09. The Morgan fingerprint density at radius 3 is 2.50 bits per heavy atom. The van der Waals surface area contributed by atoms with Gasteiger partial charge in [0.15, 0.2) is 11.6 Å². The Morgan fingerprint density at radius 2 is 2.06 bits per heavy atom. The highest BCUT2D eigenvalue weighted by molar-refractivity contribution is 5.85. The van der Waals surface area contributed by atoms with Gasteiger partial charge in [0.2, 0.25) is 0 Å². The number of halogens is 2. The molecule has 16 heavy (non-hydrogen) atoms. The van der Waals surface area contributed by atoms with Gasteiger partial charge in [-0.05, 0) is 18.9 Å². The van der Waals surface area contributed by atoms with Gasteiger partial charge >= 0.3 is 5.97 Å². The number of rotatable bonds is 3. The molecular weight excluding hydrogens is 218 g/mol. The highest BCUT2D eigenvalue weighted by Gasteiger charge is 2.53. The summed E-state index contributed by atoms with van der Waals surface area (Å²) in [5, 5.41) is 9.01. The second-order valence-corrected chi connectivity index (χ2v) is 3.86. The van der Waals surface area contributed by atoms with Gasteiger partial charge in [-0.2, -0.15) is 0 Å². The number of hydrogen-bond acceptors (Lipinski definition) is 2. The lowest BCUT2D eigenvalue weighted by atomic mass is 9.95. The van der Waals surface area contributed by atoms with E-state index in [4.69, 9.17) is 9.84 Å². The van der Waals surface area contributed by atoms with Gasteiger partial charge in [-0.15, -0.1) is 0 Å². The molecule has 0 spiro atoms. The van der Waals surface area contributed by atoms with E-state index in [0.29, 0.717) is 12.8 Å². The molecule has 1 aliphatic carbocycles. The van der Waals surface area contributed by atoms with Crippen LogP contribution in [-0.2, 0) is 10.2 Å². The van der Waals surface area contributed by atoms with Crippen molar-refractivity contribution in [1.29, 1.82) is 0 Å². The molecule has 1 fully saturated rings. The maximum absolute atomic E-state index is 13.5. The molecule has 0 unspecified atom stereocenters. The second-order valence-electron chi connectivity index (χ2n) is 3.86. The molecule has 1 aromatic rings. The first kappa shape index (κ1) is 10.9. The van der Waals surface area contributed by atoms with Crippen LogP contribution in [-0.4, -0.2) is 18.2 Å². The first-order valence-corrected chi connectivity index (χ1v) is 4.78. The van der Waals surface area contributed by atoms with Crippen molar-refractivity contribution >= 4 is 5.97 Å². The van der Waals surface area contributed by atoms with Crippen LogP contribution in [0.25, 0.3) is 0 Å². The van der Waals surface area contributed by atoms with E-state index in [1.165, 1.54) is 13.2 Å². The average Bonchev–Trinajstić information content (AvgIpc) is 3.02. The molecule has 1 N–H and O–H groups in total. The van der Waals surface area contributed by atoms with Crippen molar-refractivity contribution < 1.29 is 23.4 Å². The third-order valence-corrected chi connectivity index (χ3v) is 2.91. The van der Waals surface area contributed by atoms with E-state index in [9.17, 15) is 13.6 Å². The van der Waals surface area contributed by atoms with Crippen molar-refractivity contribution in [3.8, 4) is 5.75 Å². The molecule has 2 rings (SSSR count). The lowest BCUT2D eigenvalue weighted by Crippen LogP contribution is -2.21. The van der Waals surface area contributed by atoms with Crippen LogP contribution in [0.4, 0.5) is 8.78 Å². The van der Waals surface area contributed by atoms with E-state index in [0.717, 1.165) is 6.07 Å². The number of benzene rings is 1. The summed E-state index contributed by atoms with van der Waals surface area (Å²) in [7, 11) is 1.32. The van der Waals surface area contributed by atoms with Crippen molar-refractivity contribution in [3.63, 3.8) is 0 Å². The molecule has 0 bridgehead atoms. The summed E-state index contributed by atoms with van der Waals surface area (Å²) in [6.45, 7) is 0. The number of carboxylic acids is 1. The fourth-order valence-corrected chi connectivity index (χ4v) is 1.75. The van der Waals surface area contributed by atoms with Gasteiger partial charge in [0.05, 0.1) is 12.5 Å². The average molecular weight is 228 g/mol. The van der Waals surface area contributed by atoms with Crippen LogP contribution in [0.3, 0.4) is 0 Å². The number of hydrogen-bond donors (Lipinski definition) is 1. The number of carbonyl (C=O) groups is 1. The highest BCUT2D eigenvalue weighted by atomic mass is 19.2. The molecule has 0 atom stereocenters. The van der Waals surface area contributed by atoms with Gasteiger partial charge in [0.1, 0.15) is 5.75 Å². The molecule has 0 heterocycles. The van der Waals surface area contributed by atoms with E-state index in [-0.39, 0.29) is 11.3 Å².